The third-order valence-corrected chi connectivity index (χ3v) is 1.80. The van der Waals surface area contributed by atoms with Crippen LogP contribution in [0.15, 0.2) is 6.20 Å². The van der Waals surface area contributed by atoms with Gasteiger partial charge in [0.25, 0.3) is 0 Å². The van der Waals surface area contributed by atoms with Gasteiger partial charge in [0.05, 0.1) is 11.9 Å². The second kappa shape index (κ2) is 1.57. The second-order valence-electron chi connectivity index (χ2n) is 2.41. The SMILES string of the molecule is CC1NCc2[nH]ncc21. The molecule has 2 heterocycles. The van der Waals surface area contributed by atoms with Crippen LogP contribution in [0.25, 0.3) is 0 Å². The summed E-state index contributed by atoms with van der Waals surface area (Å²) < 4.78 is 0. The van der Waals surface area contributed by atoms with Crippen LogP contribution in [0.4, 0.5) is 0 Å². The molecule has 1 aliphatic heterocycles. The first-order chi connectivity index (χ1) is 4.38. The molecule has 3 heteroatoms. The van der Waals surface area contributed by atoms with Crippen LogP contribution in [0.1, 0.15) is 24.2 Å². The molecule has 1 unspecified atom stereocenters. The Hall–Kier alpha value is -0.830. The molecule has 3 nitrogen and oxygen atoms in total. The molecule has 0 saturated carbocycles. The lowest BCUT2D eigenvalue weighted by molar-refractivity contribution is 0.624. The van der Waals surface area contributed by atoms with E-state index in [9.17, 15) is 0 Å². The lowest BCUT2D eigenvalue weighted by atomic mass is 10.2. The fourth-order valence-electron chi connectivity index (χ4n) is 1.20. The lowest BCUT2D eigenvalue weighted by Crippen LogP contribution is -2.07. The average molecular weight is 123 g/mol. The maximum Gasteiger partial charge on any atom is 0.0538 e. The molecule has 1 aromatic heterocycles. The smallest absolute Gasteiger partial charge is 0.0538 e. The molecule has 1 atom stereocenters. The quantitative estimate of drug-likeness (QED) is 0.529. The molecule has 1 aliphatic rings. The Bertz CT molecular complexity index is 216. The highest BCUT2D eigenvalue weighted by molar-refractivity contribution is 5.24. The van der Waals surface area contributed by atoms with E-state index in [1.807, 2.05) is 6.20 Å². The standard InChI is InChI=1S/C6H9N3/c1-4-5-2-8-9-6(5)3-7-4/h2,4,7H,3H2,1H3,(H,8,9). The number of hydrogen-bond donors (Lipinski definition) is 2. The number of fused-ring (bicyclic) bond motifs is 1. The summed E-state index contributed by atoms with van der Waals surface area (Å²) in [6.45, 7) is 3.08. The van der Waals surface area contributed by atoms with E-state index < -0.39 is 0 Å². The Morgan fingerprint density at radius 1 is 1.78 bits per heavy atom. The van der Waals surface area contributed by atoms with Gasteiger partial charge in [-0.15, -0.1) is 0 Å². The molecule has 0 radical (unpaired) electrons. The van der Waals surface area contributed by atoms with Crippen molar-refractivity contribution in [2.75, 3.05) is 0 Å². The summed E-state index contributed by atoms with van der Waals surface area (Å²) in [5, 5.41) is 10.2. The van der Waals surface area contributed by atoms with Crippen LogP contribution in [0.5, 0.6) is 0 Å². The topological polar surface area (TPSA) is 40.7 Å². The van der Waals surface area contributed by atoms with Gasteiger partial charge in [0.2, 0.25) is 0 Å². The second-order valence-corrected chi connectivity index (χ2v) is 2.41. The van der Waals surface area contributed by atoms with E-state index in [4.69, 9.17) is 0 Å². The third-order valence-electron chi connectivity index (χ3n) is 1.80. The minimum Gasteiger partial charge on any atom is -0.304 e. The highest BCUT2D eigenvalue weighted by Crippen LogP contribution is 2.21. The molecule has 0 spiro atoms. The summed E-state index contributed by atoms with van der Waals surface area (Å²) in [5.74, 6) is 0. The van der Waals surface area contributed by atoms with Crippen LogP contribution in [0.3, 0.4) is 0 Å². The monoisotopic (exact) mass is 123 g/mol. The predicted octanol–water partition coefficient (Wildman–Crippen LogP) is 0.574. The van der Waals surface area contributed by atoms with Gasteiger partial charge in [-0.1, -0.05) is 0 Å². The number of rotatable bonds is 0. The zero-order chi connectivity index (χ0) is 6.27. The molecule has 2 N–H and O–H groups in total. The lowest BCUT2D eigenvalue weighted by Gasteiger charge is -1.98. The number of aromatic amines is 1. The number of nitrogens with one attached hydrogen (secondary N) is 2. The normalized spacial score (nSPS) is 24.3. The minimum absolute atomic E-state index is 0.485. The first kappa shape index (κ1) is 4.99. The van der Waals surface area contributed by atoms with Gasteiger partial charge < -0.3 is 5.32 Å². The van der Waals surface area contributed by atoms with Gasteiger partial charge in [-0.3, -0.25) is 5.10 Å². The van der Waals surface area contributed by atoms with Crippen LogP contribution in [-0.2, 0) is 6.54 Å². The summed E-state index contributed by atoms with van der Waals surface area (Å²) in [4.78, 5) is 0. The number of aromatic nitrogens is 2. The third kappa shape index (κ3) is 0.580. The number of H-pyrrole nitrogens is 1. The van der Waals surface area contributed by atoms with Crippen LogP contribution in [0.2, 0.25) is 0 Å². The molecule has 9 heavy (non-hydrogen) atoms. The number of nitrogens with zero attached hydrogens (tertiary/aromatic N) is 1. The molecule has 1 aromatic rings. The van der Waals surface area contributed by atoms with Crippen molar-refractivity contribution in [1.29, 1.82) is 0 Å². The van der Waals surface area contributed by atoms with Crippen LogP contribution >= 0.6 is 0 Å². The largest absolute Gasteiger partial charge is 0.304 e. The van der Waals surface area contributed by atoms with Crippen molar-refractivity contribution < 1.29 is 0 Å². The predicted molar refractivity (Wildman–Crippen MR) is 33.8 cm³/mol. The first-order valence-electron chi connectivity index (χ1n) is 3.13. The van der Waals surface area contributed by atoms with Gasteiger partial charge in [0.15, 0.2) is 0 Å². The molecule has 2 rings (SSSR count). The van der Waals surface area contributed by atoms with Crippen molar-refractivity contribution in [3.8, 4) is 0 Å². The molecule has 0 fully saturated rings. The number of hydrogen-bond acceptors (Lipinski definition) is 2. The van der Waals surface area contributed by atoms with Crippen molar-refractivity contribution in [2.45, 2.75) is 19.5 Å². The van der Waals surface area contributed by atoms with Crippen molar-refractivity contribution in [3.63, 3.8) is 0 Å². The summed E-state index contributed by atoms with van der Waals surface area (Å²) in [6.07, 6.45) is 1.89. The van der Waals surface area contributed by atoms with Crippen molar-refractivity contribution in [2.24, 2.45) is 0 Å². The van der Waals surface area contributed by atoms with Gasteiger partial charge in [-0.25, -0.2) is 0 Å². The summed E-state index contributed by atoms with van der Waals surface area (Å²) in [5.41, 5.74) is 2.55. The summed E-state index contributed by atoms with van der Waals surface area (Å²) in [7, 11) is 0. The van der Waals surface area contributed by atoms with E-state index in [0.29, 0.717) is 6.04 Å². The Kier molecular flexibility index (Phi) is 0.873. The van der Waals surface area contributed by atoms with Gasteiger partial charge in [-0.05, 0) is 6.92 Å². The Labute approximate surface area is 53.5 Å². The molecular formula is C6H9N3. The fraction of sp³-hybridized carbons (Fsp3) is 0.500. The zero-order valence-corrected chi connectivity index (χ0v) is 5.31. The highest BCUT2D eigenvalue weighted by Gasteiger charge is 2.18. The minimum atomic E-state index is 0.485. The van der Waals surface area contributed by atoms with Gasteiger partial charge in [0.1, 0.15) is 0 Å². The average Bonchev–Trinajstić information content (AvgIpc) is 2.35. The van der Waals surface area contributed by atoms with Gasteiger partial charge >= 0.3 is 0 Å². The van der Waals surface area contributed by atoms with Crippen molar-refractivity contribution in [3.05, 3.63) is 17.5 Å². The highest BCUT2D eigenvalue weighted by atomic mass is 15.1. The Morgan fingerprint density at radius 3 is 3.44 bits per heavy atom. The maximum atomic E-state index is 3.93. The van der Waals surface area contributed by atoms with Crippen LogP contribution in [-0.4, -0.2) is 10.2 Å². The Morgan fingerprint density at radius 2 is 2.67 bits per heavy atom. The molecule has 0 saturated heterocycles. The van der Waals surface area contributed by atoms with Crippen LogP contribution in [0, 0.1) is 0 Å². The van der Waals surface area contributed by atoms with Crippen molar-refractivity contribution >= 4 is 0 Å². The summed E-state index contributed by atoms with van der Waals surface area (Å²) in [6, 6.07) is 0.485. The summed E-state index contributed by atoms with van der Waals surface area (Å²) >= 11 is 0. The molecule has 0 aliphatic carbocycles. The van der Waals surface area contributed by atoms with E-state index in [1.54, 1.807) is 0 Å². The molecule has 0 amide bonds. The van der Waals surface area contributed by atoms with E-state index in [2.05, 4.69) is 22.4 Å². The van der Waals surface area contributed by atoms with Crippen molar-refractivity contribution in [1.82, 2.24) is 15.5 Å². The molecule has 0 aromatic carbocycles. The van der Waals surface area contributed by atoms with E-state index in [0.717, 1.165) is 6.54 Å². The van der Waals surface area contributed by atoms with Gasteiger partial charge in [0, 0.05) is 18.2 Å². The fourth-order valence-corrected chi connectivity index (χ4v) is 1.20. The molecular weight excluding hydrogens is 114 g/mol. The van der Waals surface area contributed by atoms with Gasteiger partial charge in [-0.2, -0.15) is 5.10 Å². The molecule has 48 valence electrons. The molecule has 0 bridgehead atoms. The maximum absolute atomic E-state index is 3.93. The van der Waals surface area contributed by atoms with E-state index >= 15 is 0 Å². The Balaban J connectivity index is 2.49. The zero-order valence-electron chi connectivity index (χ0n) is 5.31. The van der Waals surface area contributed by atoms with E-state index in [-0.39, 0.29) is 0 Å². The first-order valence-corrected chi connectivity index (χ1v) is 3.13. The van der Waals surface area contributed by atoms with Crippen LogP contribution < -0.4 is 5.32 Å². The van der Waals surface area contributed by atoms with E-state index in [1.165, 1.54) is 11.3 Å².